The van der Waals surface area contributed by atoms with Crippen LogP contribution < -0.4 is 21.9 Å². The topological polar surface area (TPSA) is 102 Å². The highest BCUT2D eigenvalue weighted by Crippen LogP contribution is 2.34. The van der Waals surface area contributed by atoms with Gasteiger partial charge in [0.25, 0.3) is 5.56 Å². The molecule has 0 bridgehead atoms. The van der Waals surface area contributed by atoms with Gasteiger partial charge in [-0.15, -0.1) is 11.3 Å². The van der Waals surface area contributed by atoms with Crippen molar-refractivity contribution in [3.05, 3.63) is 97.0 Å². The zero-order valence-electron chi connectivity index (χ0n) is 18.8. The number of carbonyl (C=O) groups is 2. The fourth-order valence-electron chi connectivity index (χ4n) is 3.63. The Morgan fingerprint density at radius 1 is 0.919 bits per heavy atom. The van der Waals surface area contributed by atoms with Crippen molar-refractivity contribution in [3.8, 4) is 0 Å². The molecule has 13 heteroatoms. The van der Waals surface area contributed by atoms with Gasteiger partial charge in [0, 0.05) is 11.6 Å². The van der Waals surface area contributed by atoms with Crippen LogP contribution in [0.5, 0.6) is 0 Å². The first-order chi connectivity index (χ1) is 17.6. The lowest BCUT2D eigenvalue weighted by Gasteiger charge is -2.15. The highest BCUT2D eigenvalue weighted by molar-refractivity contribution is 7.17. The number of alkyl halides is 3. The van der Waals surface area contributed by atoms with Gasteiger partial charge in [0.2, 0.25) is 11.8 Å². The van der Waals surface area contributed by atoms with Gasteiger partial charge in [-0.3, -0.25) is 19.0 Å². The molecule has 0 radical (unpaired) electrons. The van der Waals surface area contributed by atoms with Crippen molar-refractivity contribution < 1.29 is 22.8 Å². The van der Waals surface area contributed by atoms with E-state index in [4.69, 9.17) is 11.6 Å². The van der Waals surface area contributed by atoms with Gasteiger partial charge < -0.3 is 10.6 Å². The number of amides is 2. The van der Waals surface area contributed by atoms with Crippen LogP contribution in [0.25, 0.3) is 10.2 Å². The molecular weight excluding hydrogens is 533 g/mol. The Morgan fingerprint density at radius 3 is 2.32 bits per heavy atom. The van der Waals surface area contributed by atoms with Crippen LogP contribution in [0.2, 0.25) is 5.02 Å². The highest BCUT2D eigenvalue weighted by atomic mass is 35.5. The zero-order chi connectivity index (χ0) is 26.7. The van der Waals surface area contributed by atoms with Gasteiger partial charge in [0.15, 0.2) is 0 Å². The number of halogens is 4. The molecule has 2 aromatic carbocycles. The summed E-state index contributed by atoms with van der Waals surface area (Å²) < 4.78 is 41.6. The molecule has 2 heterocycles. The van der Waals surface area contributed by atoms with E-state index in [9.17, 15) is 32.3 Å². The summed E-state index contributed by atoms with van der Waals surface area (Å²) in [5.41, 5.74) is -2.43. The summed E-state index contributed by atoms with van der Waals surface area (Å²) in [6.45, 7) is -1.25. The summed E-state index contributed by atoms with van der Waals surface area (Å²) in [6.07, 6.45) is -4.70. The van der Waals surface area contributed by atoms with Crippen molar-refractivity contribution in [2.45, 2.75) is 25.8 Å². The molecule has 4 aromatic rings. The average molecular weight is 551 g/mol. The molecule has 0 saturated carbocycles. The number of aromatic nitrogens is 2. The van der Waals surface area contributed by atoms with E-state index < -0.39 is 53.6 Å². The number of fused-ring (bicyclic) bond motifs is 1. The van der Waals surface area contributed by atoms with Crippen LogP contribution in [0.15, 0.2) is 69.6 Å². The quantitative estimate of drug-likeness (QED) is 0.365. The Labute approximate surface area is 215 Å². The van der Waals surface area contributed by atoms with Gasteiger partial charge in [-0.2, -0.15) is 13.2 Å². The molecule has 8 nitrogen and oxygen atoms in total. The number of hydrogen-bond donors (Lipinski definition) is 2. The number of carbonyl (C=O) groups excluding carboxylic acids is 2. The number of rotatable bonds is 7. The van der Waals surface area contributed by atoms with Gasteiger partial charge in [0.05, 0.1) is 16.8 Å². The van der Waals surface area contributed by atoms with Crippen molar-refractivity contribution in [2.24, 2.45) is 0 Å². The van der Waals surface area contributed by atoms with E-state index in [0.717, 1.165) is 28.0 Å². The molecule has 0 saturated heterocycles. The first-order valence-electron chi connectivity index (χ1n) is 10.7. The monoisotopic (exact) mass is 550 g/mol. The number of para-hydroxylation sites is 1. The zero-order valence-corrected chi connectivity index (χ0v) is 20.4. The lowest BCUT2D eigenvalue weighted by Crippen LogP contribution is -2.44. The molecule has 0 aliphatic carbocycles. The second-order valence-corrected chi connectivity index (χ2v) is 9.18. The van der Waals surface area contributed by atoms with E-state index in [0.29, 0.717) is 15.2 Å². The maximum Gasteiger partial charge on any atom is 0.418 e. The van der Waals surface area contributed by atoms with Gasteiger partial charge in [0.1, 0.15) is 17.8 Å². The predicted octanol–water partition coefficient (Wildman–Crippen LogP) is 3.85. The molecule has 0 aliphatic rings. The van der Waals surface area contributed by atoms with Crippen molar-refractivity contribution in [1.82, 2.24) is 14.5 Å². The Morgan fingerprint density at radius 2 is 1.59 bits per heavy atom. The molecule has 4 rings (SSSR count). The Bertz CT molecular complexity index is 1610. The fourth-order valence-corrected chi connectivity index (χ4v) is 4.68. The molecule has 2 N–H and O–H groups in total. The fraction of sp³-hybridized carbons (Fsp3) is 0.167. The van der Waals surface area contributed by atoms with Crippen LogP contribution in [0.3, 0.4) is 0 Å². The van der Waals surface area contributed by atoms with E-state index in [1.54, 1.807) is 24.3 Å². The molecule has 37 heavy (non-hydrogen) atoms. The molecule has 2 amide bonds. The van der Waals surface area contributed by atoms with Crippen molar-refractivity contribution in [2.75, 3.05) is 5.32 Å². The van der Waals surface area contributed by atoms with Crippen LogP contribution in [0, 0.1) is 0 Å². The van der Waals surface area contributed by atoms with Crippen LogP contribution >= 0.6 is 22.9 Å². The number of anilines is 1. The average Bonchev–Trinajstić information content (AvgIpc) is 3.34. The third-order valence-corrected chi connectivity index (χ3v) is 6.64. The smallest absolute Gasteiger partial charge is 0.350 e. The van der Waals surface area contributed by atoms with Crippen molar-refractivity contribution in [3.63, 3.8) is 0 Å². The van der Waals surface area contributed by atoms with Crippen molar-refractivity contribution in [1.29, 1.82) is 0 Å². The molecular formula is C24H18ClF3N4O4S. The van der Waals surface area contributed by atoms with E-state index in [-0.39, 0.29) is 16.8 Å². The lowest BCUT2D eigenvalue weighted by molar-refractivity contribution is -0.137. The summed E-state index contributed by atoms with van der Waals surface area (Å²) >= 11 is 7.08. The minimum Gasteiger partial charge on any atom is -0.350 e. The normalized spacial score (nSPS) is 11.5. The predicted molar refractivity (Wildman–Crippen MR) is 134 cm³/mol. The molecule has 2 aromatic heterocycles. The Balaban J connectivity index is 1.59. The van der Waals surface area contributed by atoms with E-state index in [1.165, 1.54) is 23.6 Å². The molecule has 192 valence electrons. The number of benzene rings is 2. The van der Waals surface area contributed by atoms with Crippen LogP contribution in [-0.2, 0) is 35.4 Å². The van der Waals surface area contributed by atoms with Gasteiger partial charge >= 0.3 is 11.9 Å². The van der Waals surface area contributed by atoms with E-state index in [2.05, 4.69) is 10.6 Å². The number of hydrogen-bond acceptors (Lipinski definition) is 5. The number of nitrogens with zero attached hydrogens (tertiary/aromatic N) is 2. The second-order valence-electron chi connectivity index (χ2n) is 7.85. The van der Waals surface area contributed by atoms with Gasteiger partial charge in [-0.25, -0.2) is 9.36 Å². The van der Waals surface area contributed by atoms with Crippen LogP contribution in [-0.4, -0.2) is 20.9 Å². The summed E-state index contributed by atoms with van der Waals surface area (Å²) in [5, 5.41) is 6.72. The maximum absolute atomic E-state index is 13.3. The third kappa shape index (κ3) is 5.75. The maximum atomic E-state index is 13.3. The first-order valence-corrected chi connectivity index (χ1v) is 12.0. The van der Waals surface area contributed by atoms with Gasteiger partial charge in [-0.05, 0) is 35.2 Å². The summed E-state index contributed by atoms with van der Waals surface area (Å²) in [5.74, 6) is -1.56. The second kappa shape index (κ2) is 10.6. The number of thiophene rings is 1. The Kier molecular flexibility index (Phi) is 7.50. The third-order valence-electron chi connectivity index (χ3n) is 5.38. The minimum atomic E-state index is -4.70. The molecule has 0 atom stereocenters. The molecule has 0 unspecified atom stereocenters. The van der Waals surface area contributed by atoms with Crippen LogP contribution in [0.4, 0.5) is 18.9 Å². The molecule has 0 aliphatic heterocycles. The van der Waals surface area contributed by atoms with E-state index >= 15 is 0 Å². The summed E-state index contributed by atoms with van der Waals surface area (Å²) in [4.78, 5) is 51.3. The largest absolute Gasteiger partial charge is 0.418 e. The van der Waals surface area contributed by atoms with Crippen LogP contribution in [0.1, 0.15) is 11.1 Å². The minimum absolute atomic E-state index is 0.0592. The van der Waals surface area contributed by atoms with Gasteiger partial charge in [-0.1, -0.05) is 41.9 Å². The summed E-state index contributed by atoms with van der Waals surface area (Å²) in [7, 11) is 0. The summed E-state index contributed by atoms with van der Waals surface area (Å²) in [6, 6.07) is 12.7. The standard InChI is InChI=1S/C24H18ClF3N4O4S/c25-16-7-3-1-5-14(16)11-29-19(33)12-32-22(35)21-18(9-10-37-21)31(23(32)36)13-20(34)30-17-8-4-2-6-15(17)24(26,27)28/h1-10H,11-13H2,(H,29,33)(H,30,34). The first kappa shape index (κ1) is 26.2. The van der Waals surface area contributed by atoms with E-state index in [1.807, 2.05) is 0 Å². The number of nitrogens with one attached hydrogen (secondary N) is 2. The van der Waals surface area contributed by atoms with Crippen molar-refractivity contribution >= 4 is 50.7 Å². The lowest BCUT2D eigenvalue weighted by atomic mass is 10.1. The molecule has 0 spiro atoms. The Hall–Kier alpha value is -3.90. The molecule has 0 fully saturated rings. The SMILES string of the molecule is O=C(Cn1c(=O)c2sccc2n(CC(=O)Nc2ccccc2C(F)(F)F)c1=O)NCc1ccccc1Cl. The highest BCUT2D eigenvalue weighted by Gasteiger charge is 2.33.